The van der Waals surface area contributed by atoms with Crippen LogP contribution in [0.1, 0.15) is 35.7 Å². The highest BCUT2D eigenvalue weighted by Crippen LogP contribution is 2.19. The number of halogens is 3. The van der Waals surface area contributed by atoms with Gasteiger partial charge in [0.1, 0.15) is 6.61 Å². The van der Waals surface area contributed by atoms with Gasteiger partial charge in [0.25, 0.3) is 0 Å². The van der Waals surface area contributed by atoms with Gasteiger partial charge in [0, 0.05) is 5.56 Å². The van der Waals surface area contributed by atoms with E-state index in [9.17, 15) is 18.0 Å². The highest BCUT2D eigenvalue weighted by molar-refractivity contribution is 5.97. The van der Waals surface area contributed by atoms with Crippen molar-refractivity contribution in [2.24, 2.45) is 0 Å². The van der Waals surface area contributed by atoms with Crippen LogP contribution in [-0.2, 0) is 11.2 Å². The third-order valence-electron chi connectivity index (χ3n) is 2.58. The van der Waals surface area contributed by atoms with Gasteiger partial charge in [-0.05, 0) is 12.0 Å². The Labute approximate surface area is 110 Å². The number of aryl methyl sites for hydroxylation is 1. The summed E-state index contributed by atoms with van der Waals surface area (Å²) in [5.41, 5.74) is 1.60. The van der Waals surface area contributed by atoms with E-state index in [1.807, 2.05) is 12.1 Å². The molecule has 19 heavy (non-hydrogen) atoms. The summed E-state index contributed by atoms with van der Waals surface area (Å²) in [6, 6.07) is 7.07. The van der Waals surface area contributed by atoms with Crippen LogP contribution in [0.3, 0.4) is 0 Å². The lowest BCUT2D eigenvalue weighted by atomic mass is 10.1. The highest BCUT2D eigenvalue weighted by Gasteiger charge is 2.26. The Hall–Kier alpha value is -1.36. The predicted molar refractivity (Wildman–Crippen MR) is 66.3 cm³/mol. The van der Waals surface area contributed by atoms with Crippen LogP contribution in [0.5, 0.6) is 0 Å². The van der Waals surface area contributed by atoms with Crippen LogP contribution in [-0.4, -0.2) is 25.2 Å². The van der Waals surface area contributed by atoms with E-state index in [1.165, 1.54) is 0 Å². The molecule has 1 aromatic carbocycles. The molecule has 0 N–H and O–H groups in total. The number of hydrogen-bond acceptors (Lipinski definition) is 2. The first-order chi connectivity index (χ1) is 8.92. The van der Waals surface area contributed by atoms with Crippen LogP contribution in [0.2, 0.25) is 0 Å². The van der Waals surface area contributed by atoms with Gasteiger partial charge >= 0.3 is 6.18 Å². The summed E-state index contributed by atoms with van der Waals surface area (Å²) in [7, 11) is 0. The average Bonchev–Trinajstić information content (AvgIpc) is 2.34. The van der Waals surface area contributed by atoms with Crippen LogP contribution < -0.4 is 0 Å². The molecule has 0 aliphatic heterocycles. The summed E-state index contributed by atoms with van der Waals surface area (Å²) in [6.07, 6.45) is -3.31. The largest absolute Gasteiger partial charge is 0.391 e. The second-order valence-electron chi connectivity index (χ2n) is 4.29. The number of Topliss-reactive ketones (excluding diaryl/α,β-unsaturated/α-hetero) is 1. The fourth-order valence-electron chi connectivity index (χ4n) is 1.58. The summed E-state index contributed by atoms with van der Waals surface area (Å²) >= 11 is 0. The molecule has 5 heteroatoms. The molecule has 1 rings (SSSR count). The van der Waals surface area contributed by atoms with Crippen LogP contribution in [0.15, 0.2) is 24.3 Å². The van der Waals surface area contributed by atoms with Gasteiger partial charge in [-0.2, -0.15) is 13.2 Å². The molecular formula is C14H17F3O2. The number of rotatable bonds is 7. The van der Waals surface area contributed by atoms with E-state index in [0.29, 0.717) is 5.56 Å². The third kappa shape index (κ3) is 6.38. The number of benzene rings is 1. The molecule has 0 aromatic heterocycles. The topological polar surface area (TPSA) is 26.3 Å². The zero-order valence-electron chi connectivity index (χ0n) is 10.8. The average molecular weight is 274 g/mol. The number of carbonyl (C=O) groups is 1. The van der Waals surface area contributed by atoms with Crippen molar-refractivity contribution < 1.29 is 22.7 Å². The monoisotopic (exact) mass is 274 g/mol. The highest BCUT2D eigenvalue weighted by atomic mass is 19.4. The predicted octanol–water partition coefficient (Wildman–Crippen LogP) is 3.79. The number of carbonyl (C=O) groups excluding carboxylic acids is 1. The standard InChI is InChI=1S/C14H17F3O2/c1-2-3-11-4-6-12(7-5-11)13(18)10-19-9-8-14(15,16)17/h4-7H,2-3,8-10H2,1H3. The molecule has 0 aliphatic rings. The van der Waals surface area contributed by atoms with E-state index < -0.39 is 19.2 Å². The second-order valence-corrected chi connectivity index (χ2v) is 4.29. The molecule has 0 heterocycles. The molecule has 2 nitrogen and oxygen atoms in total. The molecule has 0 fully saturated rings. The number of ketones is 1. The maximum absolute atomic E-state index is 11.9. The van der Waals surface area contributed by atoms with E-state index in [2.05, 4.69) is 6.92 Å². The van der Waals surface area contributed by atoms with Crippen LogP contribution in [0.4, 0.5) is 13.2 Å². The minimum Gasteiger partial charge on any atom is -0.373 e. The van der Waals surface area contributed by atoms with Crippen LogP contribution >= 0.6 is 0 Å². The van der Waals surface area contributed by atoms with Gasteiger partial charge < -0.3 is 4.74 Å². The molecule has 106 valence electrons. The van der Waals surface area contributed by atoms with E-state index in [4.69, 9.17) is 4.74 Å². The molecule has 0 unspecified atom stereocenters. The van der Waals surface area contributed by atoms with Gasteiger partial charge in [-0.15, -0.1) is 0 Å². The minimum absolute atomic E-state index is 0.301. The van der Waals surface area contributed by atoms with Crippen molar-refractivity contribution in [1.29, 1.82) is 0 Å². The first-order valence-corrected chi connectivity index (χ1v) is 6.19. The third-order valence-corrected chi connectivity index (χ3v) is 2.58. The SMILES string of the molecule is CCCc1ccc(C(=O)COCCC(F)(F)F)cc1. The number of alkyl halides is 3. The lowest BCUT2D eigenvalue weighted by Crippen LogP contribution is -2.15. The Morgan fingerprint density at radius 2 is 1.84 bits per heavy atom. The molecule has 1 aromatic rings. The Kier molecular flexibility index (Phi) is 6.02. The summed E-state index contributed by atoms with van der Waals surface area (Å²) in [5, 5.41) is 0. The van der Waals surface area contributed by atoms with E-state index in [1.54, 1.807) is 12.1 Å². The van der Waals surface area contributed by atoms with Gasteiger partial charge in [0.15, 0.2) is 5.78 Å². The van der Waals surface area contributed by atoms with Crippen molar-refractivity contribution in [2.45, 2.75) is 32.4 Å². The van der Waals surface area contributed by atoms with Crippen molar-refractivity contribution in [3.8, 4) is 0 Å². The van der Waals surface area contributed by atoms with Gasteiger partial charge in [0.2, 0.25) is 0 Å². The van der Waals surface area contributed by atoms with E-state index >= 15 is 0 Å². The van der Waals surface area contributed by atoms with Crippen molar-refractivity contribution in [3.05, 3.63) is 35.4 Å². The quantitative estimate of drug-likeness (QED) is 0.558. The van der Waals surface area contributed by atoms with Crippen LogP contribution in [0, 0.1) is 0 Å². The summed E-state index contributed by atoms with van der Waals surface area (Å²) in [4.78, 5) is 11.6. The first-order valence-electron chi connectivity index (χ1n) is 6.19. The lowest BCUT2D eigenvalue weighted by molar-refractivity contribution is -0.144. The van der Waals surface area contributed by atoms with Crippen molar-refractivity contribution >= 4 is 5.78 Å². The van der Waals surface area contributed by atoms with E-state index in [-0.39, 0.29) is 12.4 Å². The molecule has 0 saturated heterocycles. The Morgan fingerprint density at radius 3 is 2.37 bits per heavy atom. The zero-order chi connectivity index (χ0) is 14.3. The number of ether oxygens (including phenoxy) is 1. The molecule has 0 saturated carbocycles. The molecule has 0 radical (unpaired) electrons. The van der Waals surface area contributed by atoms with Crippen molar-refractivity contribution in [3.63, 3.8) is 0 Å². The molecule has 0 amide bonds. The van der Waals surface area contributed by atoms with E-state index in [0.717, 1.165) is 18.4 Å². The van der Waals surface area contributed by atoms with Gasteiger partial charge in [-0.25, -0.2) is 0 Å². The van der Waals surface area contributed by atoms with Crippen LogP contribution in [0.25, 0.3) is 0 Å². The minimum atomic E-state index is -4.25. The Bertz CT molecular complexity index is 396. The normalized spacial score (nSPS) is 11.6. The maximum Gasteiger partial charge on any atom is 0.391 e. The molecule has 0 bridgehead atoms. The summed E-state index contributed by atoms with van der Waals surface area (Å²) in [6.45, 7) is 1.26. The second kappa shape index (κ2) is 7.28. The molecule has 0 aliphatic carbocycles. The Morgan fingerprint density at radius 1 is 1.21 bits per heavy atom. The van der Waals surface area contributed by atoms with Gasteiger partial charge in [-0.1, -0.05) is 37.6 Å². The lowest BCUT2D eigenvalue weighted by Gasteiger charge is -2.07. The van der Waals surface area contributed by atoms with Gasteiger partial charge in [0.05, 0.1) is 13.0 Å². The summed E-state index contributed by atoms with van der Waals surface area (Å²) in [5.74, 6) is -0.301. The smallest absolute Gasteiger partial charge is 0.373 e. The number of hydrogen-bond donors (Lipinski definition) is 0. The van der Waals surface area contributed by atoms with Gasteiger partial charge in [-0.3, -0.25) is 4.79 Å². The zero-order valence-corrected chi connectivity index (χ0v) is 10.8. The fraction of sp³-hybridized carbons (Fsp3) is 0.500. The Balaban J connectivity index is 2.37. The van der Waals surface area contributed by atoms with Crippen molar-refractivity contribution in [2.75, 3.05) is 13.2 Å². The summed E-state index contributed by atoms with van der Waals surface area (Å²) < 4.78 is 40.3. The maximum atomic E-state index is 11.9. The molecule has 0 atom stereocenters. The molecular weight excluding hydrogens is 257 g/mol. The first kappa shape index (κ1) is 15.7. The molecule has 0 spiro atoms. The van der Waals surface area contributed by atoms with Crippen molar-refractivity contribution in [1.82, 2.24) is 0 Å². The fourth-order valence-corrected chi connectivity index (χ4v) is 1.58.